The van der Waals surface area contributed by atoms with Gasteiger partial charge in [-0.2, -0.15) is 0 Å². The summed E-state index contributed by atoms with van der Waals surface area (Å²) in [6, 6.07) is 4.15. The molecule has 0 aliphatic carbocycles. The molecule has 0 radical (unpaired) electrons. The molecular weight excluding hydrogens is 332 g/mol. The van der Waals surface area contributed by atoms with E-state index in [0.29, 0.717) is 4.47 Å². The van der Waals surface area contributed by atoms with Crippen molar-refractivity contribution in [2.24, 2.45) is 5.14 Å². The number of hydrogen-bond donors (Lipinski definition) is 2. The highest BCUT2D eigenvalue weighted by molar-refractivity contribution is 9.10. The van der Waals surface area contributed by atoms with E-state index in [2.05, 4.69) is 21.2 Å². The average Bonchev–Trinajstić information content (AvgIpc) is 2.27. The first kappa shape index (κ1) is 16.1. The Kier molecular flexibility index (Phi) is 5.51. The maximum absolute atomic E-state index is 12.1. The lowest BCUT2D eigenvalue weighted by molar-refractivity contribution is 0.0937. The second-order valence-electron chi connectivity index (χ2n) is 4.35. The number of primary sulfonamides is 1. The van der Waals surface area contributed by atoms with Crippen molar-refractivity contribution in [3.8, 4) is 0 Å². The molecule has 106 valence electrons. The van der Waals surface area contributed by atoms with Gasteiger partial charge in [-0.3, -0.25) is 4.79 Å². The lowest BCUT2D eigenvalue weighted by atomic mass is 10.1. The van der Waals surface area contributed by atoms with Gasteiger partial charge in [0.15, 0.2) is 0 Å². The van der Waals surface area contributed by atoms with Gasteiger partial charge in [-0.05, 0) is 47.5 Å². The number of halogens is 1. The van der Waals surface area contributed by atoms with Gasteiger partial charge in [0.2, 0.25) is 10.0 Å². The van der Waals surface area contributed by atoms with E-state index in [1.807, 2.05) is 13.8 Å². The Hall–Kier alpha value is -0.920. The van der Waals surface area contributed by atoms with E-state index in [0.717, 1.165) is 12.8 Å². The fraction of sp³-hybridized carbons (Fsp3) is 0.417. The number of benzene rings is 1. The molecule has 3 N–H and O–H groups in total. The van der Waals surface area contributed by atoms with Crippen molar-refractivity contribution in [3.05, 3.63) is 28.2 Å². The number of rotatable bonds is 5. The van der Waals surface area contributed by atoms with E-state index in [1.54, 1.807) is 0 Å². The minimum Gasteiger partial charge on any atom is -0.350 e. The molecule has 1 rings (SSSR count). The smallest absolute Gasteiger partial charge is 0.252 e. The molecule has 0 saturated heterocycles. The van der Waals surface area contributed by atoms with E-state index >= 15 is 0 Å². The van der Waals surface area contributed by atoms with Crippen molar-refractivity contribution in [1.29, 1.82) is 0 Å². The zero-order valence-corrected chi connectivity index (χ0v) is 13.2. The lowest BCUT2D eigenvalue weighted by Crippen LogP contribution is -2.32. The largest absolute Gasteiger partial charge is 0.350 e. The van der Waals surface area contributed by atoms with Crippen LogP contribution in [0.25, 0.3) is 0 Å². The summed E-state index contributed by atoms with van der Waals surface area (Å²) in [4.78, 5) is 12.0. The molecule has 0 unspecified atom stereocenters. The number of nitrogens with two attached hydrogens (primary N) is 1. The molecule has 0 saturated carbocycles. The normalized spacial score (nSPS) is 13.1. The second-order valence-corrected chi connectivity index (χ2v) is 6.77. The van der Waals surface area contributed by atoms with E-state index < -0.39 is 10.0 Å². The van der Waals surface area contributed by atoms with Crippen LogP contribution in [0.1, 0.15) is 37.0 Å². The highest BCUT2D eigenvalue weighted by Gasteiger charge is 2.16. The molecule has 1 atom stereocenters. The third-order valence-electron chi connectivity index (χ3n) is 2.61. The Morgan fingerprint density at radius 1 is 1.47 bits per heavy atom. The van der Waals surface area contributed by atoms with Gasteiger partial charge in [0.05, 0.1) is 10.5 Å². The topological polar surface area (TPSA) is 89.3 Å². The summed E-state index contributed by atoms with van der Waals surface area (Å²) < 4.78 is 23.1. The van der Waals surface area contributed by atoms with Crippen LogP contribution >= 0.6 is 15.9 Å². The minimum atomic E-state index is -3.82. The molecule has 19 heavy (non-hydrogen) atoms. The predicted octanol–water partition coefficient (Wildman–Crippen LogP) is 2.01. The van der Waals surface area contributed by atoms with Crippen LogP contribution in [-0.2, 0) is 10.0 Å². The van der Waals surface area contributed by atoms with Gasteiger partial charge in [0.25, 0.3) is 5.91 Å². The molecule has 0 spiro atoms. The van der Waals surface area contributed by atoms with Crippen LogP contribution in [0.4, 0.5) is 0 Å². The second kappa shape index (κ2) is 6.49. The zero-order chi connectivity index (χ0) is 14.6. The van der Waals surface area contributed by atoms with Crippen molar-refractivity contribution in [2.45, 2.75) is 37.6 Å². The third-order valence-corrected chi connectivity index (χ3v) is 4.21. The fourth-order valence-corrected chi connectivity index (χ4v) is 2.63. The molecule has 5 nitrogen and oxygen atoms in total. The summed E-state index contributed by atoms with van der Waals surface area (Å²) in [5.74, 6) is -0.321. The van der Waals surface area contributed by atoms with Crippen LogP contribution in [0.2, 0.25) is 0 Å². The van der Waals surface area contributed by atoms with Gasteiger partial charge < -0.3 is 5.32 Å². The summed E-state index contributed by atoms with van der Waals surface area (Å²) >= 11 is 3.23. The van der Waals surface area contributed by atoms with Crippen molar-refractivity contribution in [1.82, 2.24) is 5.32 Å². The molecule has 0 aliphatic heterocycles. The van der Waals surface area contributed by atoms with Crippen LogP contribution in [0.3, 0.4) is 0 Å². The van der Waals surface area contributed by atoms with Gasteiger partial charge in [-0.25, -0.2) is 13.6 Å². The number of nitrogens with one attached hydrogen (secondary N) is 1. The SMILES string of the molecule is CCC[C@H](C)NC(=O)c1cc(S(N)(=O)=O)ccc1Br. The first-order chi connectivity index (χ1) is 8.75. The fourth-order valence-electron chi connectivity index (χ4n) is 1.66. The molecular formula is C12H17BrN2O3S. The predicted molar refractivity (Wildman–Crippen MR) is 77.4 cm³/mol. The van der Waals surface area contributed by atoms with Crippen molar-refractivity contribution in [3.63, 3.8) is 0 Å². The number of sulfonamides is 1. The molecule has 0 aromatic heterocycles. The number of carbonyl (C=O) groups excluding carboxylic acids is 1. The van der Waals surface area contributed by atoms with E-state index in [9.17, 15) is 13.2 Å². The van der Waals surface area contributed by atoms with Crippen molar-refractivity contribution < 1.29 is 13.2 Å². The van der Waals surface area contributed by atoms with E-state index in [1.165, 1.54) is 18.2 Å². The molecule has 1 aromatic rings. The summed E-state index contributed by atoms with van der Waals surface area (Å²) in [6.07, 6.45) is 1.82. The zero-order valence-electron chi connectivity index (χ0n) is 10.8. The van der Waals surface area contributed by atoms with Crippen LogP contribution in [0.5, 0.6) is 0 Å². The van der Waals surface area contributed by atoms with Gasteiger partial charge >= 0.3 is 0 Å². The first-order valence-electron chi connectivity index (χ1n) is 5.89. The highest BCUT2D eigenvalue weighted by atomic mass is 79.9. The maximum Gasteiger partial charge on any atom is 0.252 e. The molecule has 1 aromatic carbocycles. The Morgan fingerprint density at radius 2 is 2.11 bits per heavy atom. The van der Waals surface area contributed by atoms with E-state index in [4.69, 9.17) is 5.14 Å². The molecule has 0 aliphatic rings. The van der Waals surface area contributed by atoms with Crippen LogP contribution in [0.15, 0.2) is 27.6 Å². The van der Waals surface area contributed by atoms with Crippen LogP contribution < -0.4 is 10.5 Å². The molecule has 7 heteroatoms. The molecule has 0 fully saturated rings. The van der Waals surface area contributed by atoms with Crippen LogP contribution in [-0.4, -0.2) is 20.4 Å². The lowest BCUT2D eigenvalue weighted by Gasteiger charge is -2.14. The van der Waals surface area contributed by atoms with Gasteiger partial charge in [0.1, 0.15) is 0 Å². The summed E-state index contributed by atoms with van der Waals surface area (Å²) in [7, 11) is -3.82. The van der Waals surface area contributed by atoms with Crippen molar-refractivity contribution >= 4 is 31.9 Å². The Balaban J connectivity index is 3.03. The van der Waals surface area contributed by atoms with E-state index in [-0.39, 0.29) is 22.4 Å². The standard InChI is InChI=1S/C12H17BrN2O3S/c1-3-4-8(2)15-12(16)10-7-9(19(14,17)18)5-6-11(10)13/h5-8H,3-4H2,1-2H3,(H,15,16)(H2,14,17,18)/t8-/m0/s1. The third kappa shape index (κ3) is 4.59. The molecule has 1 amide bonds. The van der Waals surface area contributed by atoms with Crippen LogP contribution in [0, 0.1) is 0 Å². The maximum atomic E-state index is 12.1. The highest BCUT2D eigenvalue weighted by Crippen LogP contribution is 2.20. The summed E-state index contributed by atoms with van der Waals surface area (Å²) in [5, 5.41) is 7.86. The van der Waals surface area contributed by atoms with Gasteiger partial charge in [-0.15, -0.1) is 0 Å². The number of hydrogen-bond acceptors (Lipinski definition) is 3. The Bertz CT molecular complexity index is 572. The molecule has 0 heterocycles. The summed E-state index contributed by atoms with van der Waals surface area (Å²) in [6.45, 7) is 3.93. The monoisotopic (exact) mass is 348 g/mol. The van der Waals surface area contributed by atoms with Gasteiger partial charge in [0, 0.05) is 10.5 Å². The minimum absolute atomic E-state index is 0.0301. The first-order valence-corrected chi connectivity index (χ1v) is 8.22. The quantitative estimate of drug-likeness (QED) is 0.852. The summed E-state index contributed by atoms with van der Waals surface area (Å²) in [5.41, 5.74) is 0.259. The Labute approximate surface area is 121 Å². The van der Waals surface area contributed by atoms with Crippen molar-refractivity contribution in [2.75, 3.05) is 0 Å². The average molecular weight is 349 g/mol. The Morgan fingerprint density at radius 3 is 2.63 bits per heavy atom. The molecule has 0 bridgehead atoms. The number of amides is 1. The number of carbonyl (C=O) groups is 1. The van der Waals surface area contributed by atoms with Gasteiger partial charge in [-0.1, -0.05) is 13.3 Å².